The molecule has 3 N–H and O–H groups in total. The van der Waals surface area contributed by atoms with Crippen molar-refractivity contribution in [2.45, 2.75) is 13.0 Å². The second-order valence-corrected chi connectivity index (χ2v) is 8.60. The summed E-state index contributed by atoms with van der Waals surface area (Å²) in [4.78, 5) is 38.0. The molecule has 4 heterocycles. The SMILES string of the molecule is C[C@H]1CN(OC(=O)Nc2ccc3ncsc3c2)CCN1c1nc(N)nc2scnc12. The molecule has 0 unspecified atom stereocenters. The van der Waals surface area contributed by atoms with Crippen LogP contribution in [0.3, 0.4) is 0 Å². The molecule has 0 saturated carbocycles. The summed E-state index contributed by atoms with van der Waals surface area (Å²) in [6.45, 7) is 3.71. The van der Waals surface area contributed by atoms with Crippen molar-refractivity contribution in [3.8, 4) is 0 Å². The van der Waals surface area contributed by atoms with Gasteiger partial charge in [0.15, 0.2) is 10.6 Å². The highest BCUT2D eigenvalue weighted by atomic mass is 32.1. The van der Waals surface area contributed by atoms with Crippen LogP contribution in [0.4, 0.5) is 22.2 Å². The zero-order valence-electron chi connectivity index (χ0n) is 16.0. The average molecular weight is 443 g/mol. The molecule has 30 heavy (non-hydrogen) atoms. The smallest absolute Gasteiger partial charge is 0.368 e. The number of rotatable bonds is 3. The Morgan fingerprint density at radius 1 is 1.23 bits per heavy atom. The number of hydrogen-bond acceptors (Lipinski definition) is 11. The highest BCUT2D eigenvalue weighted by Gasteiger charge is 2.29. The first-order valence-electron chi connectivity index (χ1n) is 9.27. The van der Waals surface area contributed by atoms with Gasteiger partial charge in [-0.05, 0) is 25.1 Å². The first kappa shape index (κ1) is 18.9. The van der Waals surface area contributed by atoms with Gasteiger partial charge in [-0.3, -0.25) is 5.32 Å². The molecule has 4 aromatic rings. The highest BCUT2D eigenvalue weighted by molar-refractivity contribution is 7.16. The Bertz CT molecular complexity index is 1230. The molecular weight excluding hydrogens is 424 g/mol. The van der Waals surface area contributed by atoms with Gasteiger partial charge in [0.25, 0.3) is 0 Å². The van der Waals surface area contributed by atoms with Gasteiger partial charge in [0, 0.05) is 18.3 Å². The molecule has 1 amide bonds. The lowest BCUT2D eigenvalue weighted by Crippen LogP contribution is -2.53. The van der Waals surface area contributed by atoms with Gasteiger partial charge in [-0.2, -0.15) is 4.98 Å². The number of piperazine rings is 1. The molecule has 1 aliphatic heterocycles. The number of carbonyl (C=O) groups excluding carboxylic acids is 1. The Balaban J connectivity index is 1.24. The minimum Gasteiger partial charge on any atom is -0.368 e. The molecule has 0 bridgehead atoms. The Labute approximate surface area is 179 Å². The van der Waals surface area contributed by atoms with E-state index in [1.54, 1.807) is 16.1 Å². The summed E-state index contributed by atoms with van der Waals surface area (Å²) < 4.78 is 1.01. The number of amides is 1. The van der Waals surface area contributed by atoms with Crippen LogP contribution in [-0.2, 0) is 4.84 Å². The van der Waals surface area contributed by atoms with Gasteiger partial charge in [-0.15, -0.1) is 27.7 Å². The number of nitrogen functional groups attached to an aromatic ring is 1. The summed E-state index contributed by atoms with van der Waals surface area (Å²) in [7, 11) is 0. The third-order valence-corrected chi connectivity index (χ3v) is 6.36. The zero-order valence-corrected chi connectivity index (χ0v) is 17.6. The molecule has 0 radical (unpaired) electrons. The van der Waals surface area contributed by atoms with Crippen molar-refractivity contribution in [1.82, 2.24) is 25.0 Å². The van der Waals surface area contributed by atoms with Gasteiger partial charge in [-0.25, -0.2) is 19.7 Å². The Kier molecular flexibility index (Phi) is 4.81. The highest BCUT2D eigenvalue weighted by Crippen LogP contribution is 2.29. The van der Waals surface area contributed by atoms with Crippen molar-refractivity contribution in [1.29, 1.82) is 0 Å². The maximum absolute atomic E-state index is 12.4. The molecule has 5 rings (SSSR count). The predicted octanol–water partition coefficient (Wildman–Crippen LogP) is 2.95. The van der Waals surface area contributed by atoms with Crippen molar-refractivity contribution < 1.29 is 9.63 Å². The minimum absolute atomic E-state index is 0.0410. The predicted molar refractivity (Wildman–Crippen MR) is 118 cm³/mol. The second kappa shape index (κ2) is 7.63. The Morgan fingerprint density at radius 3 is 2.97 bits per heavy atom. The first-order valence-corrected chi connectivity index (χ1v) is 11.0. The molecule has 1 fully saturated rings. The van der Waals surface area contributed by atoms with Crippen LogP contribution in [0.25, 0.3) is 20.6 Å². The fourth-order valence-electron chi connectivity index (χ4n) is 3.48. The Hall–Kier alpha value is -3.09. The number of nitrogens with one attached hydrogen (secondary N) is 1. The summed E-state index contributed by atoms with van der Waals surface area (Å²) in [5.41, 5.74) is 11.7. The maximum atomic E-state index is 12.4. The van der Waals surface area contributed by atoms with Crippen LogP contribution in [0.1, 0.15) is 6.92 Å². The Morgan fingerprint density at radius 2 is 2.10 bits per heavy atom. The molecule has 154 valence electrons. The zero-order chi connectivity index (χ0) is 20.7. The van der Waals surface area contributed by atoms with Crippen molar-refractivity contribution >= 4 is 66.8 Å². The number of hydrogen-bond donors (Lipinski definition) is 2. The number of thiazole rings is 2. The summed E-state index contributed by atoms with van der Waals surface area (Å²) in [6.07, 6.45) is -0.521. The number of aromatic nitrogens is 4. The van der Waals surface area contributed by atoms with Crippen LogP contribution in [-0.4, -0.2) is 56.8 Å². The van der Waals surface area contributed by atoms with Gasteiger partial charge < -0.3 is 15.5 Å². The number of nitrogens with zero attached hydrogens (tertiary/aromatic N) is 6. The summed E-state index contributed by atoms with van der Waals surface area (Å²) >= 11 is 2.95. The lowest BCUT2D eigenvalue weighted by atomic mass is 10.2. The van der Waals surface area contributed by atoms with Gasteiger partial charge in [0.05, 0.1) is 34.3 Å². The molecule has 1 saturated heterocycles. The lowest BCUT2D eigenvalue weighted by Gasteiger charge is -2.39. The van der Waals surface area contributed by atoms with E-state index in [4.69, 9.17) is 10.6 Å². The van der Waals surface area contributed by atoms with Gasteiger partial charge in [0.1, 0.15) is 5.52 Å². The fourth-order valence-corrected chi connectivity index (χ4v) is 4.85. The molecule has 1 aromatic carbocycles. The van der Waals surface area contributed by atoms with Crippen LogP contribution in [0, 0.1) is 0 Å². The number of anilines is 3. The van der Waals surface area contributed by atoms with Crippen molar-refractivity contribution in [2.24, 2.45) is 0 Å². The third kappa shape index (κ3) is 3.60. The van der Waals surface area contributed by atoms with Crippen LogP contribution in [0.2, 0.25) is 0 Å². The van der Waals surface area contributed by atoms with E-state index in [9.17, 15) is 4.79 Å². The number of benzene rings is 1. The molecule has 1 aliphatic rings. The van der Waals surface area contributed by atoms with E-state index in [0.29, 0.717) is 31.1 Å². The summed E-state index contributed by atoms with van der Waals surface area (Å²) in [5, 5.41) is 4.43. The van der Waals surface area contributed by atoms with Gasteiger partial charge in [-0.1, -0.05) is 0 Å². The van der Waals surface area contributed by atoms with Crippen LogP contribution in [0.15, 0.2) is 29.2 Å². The molecule has 1 atom stereocenters. The second-order valence-electron chi connectivity index (χ2n) is 6.88. The van der Waals surface area contributed by atoms with Crippen LogP contribution < -0.4 is 16.0 Å². The van der Waals surface area contributed by atoms with E-state index in [-0.39, 0.29) is 12.0 Å². The molecule has 0 aliphatic carbocycles. The van der Waals surface area contributed by atoms with Crippen LogP contribution in [0.5, 0.6) is 0 Å². The number of nitrogens with two attached hydrogens (primary N) is 1. The molecule has 0 spiro atoms. The number of carbonyl (C=O) groups is 1. The van der Waals surface area contributed by atoms with E-state index < -0.39 is 6.09 Å². The van der Waals surface area contributed by atoms with E-state index in [2.05, 4.69) is 30.2 Å². The van der Waals surface area contributed by atoms with E-state index >= 15 is 0 Å². The fraction of sp³-hybridized carbons (Fsp3) is 0.278. The van der Waals surface area contributed by atoms with E-state index in [0.717, 1.165) is 20.6 Å². The standard InChI is InChI=1S/C18H18N8O2S2/c1-10-7-25(28-18(27)22-11-2-3-12-13(6-11)29-8-20-12)4-5-26(10)15-14-16(30-9-21-14)24-17(19)23-15/h2-3,6,8-10H,4-5,7H2,1H3,(H,22,27)(H2,19,23,24)/t10-/m0/s1. The molecule has 12 heteroatoms. The summed E-state index contributed by atoms with van der Waals surface area (Å²) in [5.74, 6) is 0.943. The van der Waals surface area contributed by atoms with Crippen molar-refractivity contribution in [3.05, 3.63) is 29.2 Å². The monoisotopic (exact) mass is 442 g/mol. The minimum atomic E-state index is -0.521. The normalized spacial score (nSPS) is 17.5. The van der Waals surface area contributed by atoms with E-state index in [1.165, 1.54) is 22.7 Å². The largest absolute Gasteiger partial charge is 0.430 e. The third-order valence-electron chi connectivity index (χ3n) is 4.85. The quantitative estimate of drug-likeness (QED) is 0.493. The van der Waals surface area contributed by atoms with Crippen molar-refractivity contribution in [2.75, 3.05) is 35.6 Å². The average Bonchev–Trinajstić information content (AvgIpc) is 3.36. The van der Waals surface area contributed by atoms with Crippen LogP contribution >= 0.6 is 22.7 Å². The van der Waals surface area contributed by atoms with E-state index in [1.807, 2.05) is 25.1 Å². The van der Waals surface area contributed by atoms with Gasteiger partial charge >= 0.3 is 6.09 Å². The molecule has 3 aromatic heterocycles. The number of fused-ring (bicyclic) bond motifs is 2. The van der Waals surface area contributed by atoms with Gasteiger partial charge in [0.2, 0.25) is 5.95 Å². The molecule has 10 nitrogen and oxygen atoms in total. The maximum Gasteiger partial charge on any atom is 0.430 e. The lowest BCUT2D eigenvalue weighted by molar-refractivity contribution is -0.103. The first-order chi connectivity index (χ1) is 14.6. The van der Waals surface area contributed by atoms with Crippen molar-refractivity contribution in [3.63, 3.8) is 0 Å². The number of hydroxylamine groups is 2. The topological polar surface area (TPSA) is 122 Å². The molecular formula is C18H18N8O2S2. The summed E-state index contributed by atoms with van der Waals surface area (Å²) in [6, 6.07) is 5.60.